The minimum absolute atomic E-state index is 0.0728. The van der Waals surface area contributed by atoms with Gasteiger partial charge in [-0.1, -0.05) is 50.6 Å². The van der Waals surface area contributed by atoms with Gasteiger partial charge in [-0.15, -0.1) is 0 Å². The number of fused-ring (bicyclic) bond motifs is 5. The lowest BCUT2D eigenvalue weighted by molar-refractivity contribution is -0.157. The van der Waals surface area contributed by atoms with Crippen LogP contribution in [0.25, 0.3) is 0 Å². The molecule has 2 saturated heterocycles. The van der Waals surface area contributed by atoms with Crippen molar-refractivity contribution in [3.8, 4) is 5.75 Å². The van der Waals surface area contributed by atoms with Crippen LogP contribution in [0.1, 0.15) is 66.1 Å². The molecule has 0 spiro atoms. The fourth-order valence-corrected chi connectivity index (χ4v) is 6.89. The first-order valence-corrected chi connectivity index (χ1v) is 17.2. The highest BCUT2D eigenvalue weighted by Gasteiger charge is 2.64. The normalized spacial score (nSPS) is 33.5. The highest BCUT2D eigenvalue weighted by Crippen LogP contribution is 2.49. The molecule has 3 amide bonds. The zero-order chi connectivity index (χ0) is 38.0. The van der Waals surface area contributed by atoms with Crippen LogP contribution < -0.4 is 20.3 Å². The number of anilines is 1. The molecule has 0 aliphatic carbocycles. The molecule has 3 heterocycles. The van der Waals surface area contributed by atoms with Crippen molar-refractivity contribution in [3.63, 3.8) is 0 Å². The number of allylic oxidation sites excluding steroid dienone is 2. The van der Waals surface area contributed by atoms with Crippen molar-refractivity contribution in [1.29, 1.82) is 0 Å². The highest BCUT2D eigenvalue weighted by atomic mass is 35.5. The van der Waals surface area contributed by atoms with Gasteiger partial charge in [0.25, 0.3) is 0 Å². The number of benzene rings is 1. The lowest BCUT2D eigenvalue weighted by Crippen LogP contribution is -2.63. The molecule has 3 aliphatic heterocycles. The lowest BCUT2D eigenvalue weighted by atomic mass is 9.83. The van der Waals surface area contributed by atoms with Gasteiger partial charge < -0.3 is 43.7 Å². The molecular weight excluding hydrogens is 686 g/mol. The molecule has 0 aromatic heterocycles. The van der Waals surface area contributed by atoms with Gasteiger partial charge in [0, 0.05) is 39.5 Å². The van der Waals surface area contributed by atoms with Crippen molar-refractivity contribution < 1.29 is 52.7 Å². The number of amides is 3. The molecule has 51 heavy (non-hydrogen) atoms. The van der Waals surface area contributed by atoms with E-state index in [0.29, 0.717) is 17.0 Å². The van der Waals surface area contributed by atoms with Crippen LogP contribution in [0, 0.1) is 11.8 Å². The largest absolute Gasteiger partial charge is 0.495 e. The summed E-state index contributed by atoms with van der Waals surface area (Å²) in [4.78, 5) is 54.1. The topological polar surface area (TPSA) is 174 Å². The smallest absolute Gasteiger partial charge is 0.409 e. The number of carbonyl (C=O) groups is 4. The first kappa shape index (κ1) is 40.1. The van der Waals surface area contributed by atoms with E-state index in [1.807, 2.05) is 6.92 Å². The van der Waals surface area contributed by atoms with Crippen LogP contribution in [0.4, 0.5) is 10.5 Å². The highest BCUT2D eigenvalue weighted by molar-refractivity contribution is 6.35. The van der Waals surface area contributed by atoms with E-state index in [1.165, 1.54) is 33.2 Å². The Morgan fingerprint density at radius 3 is 2.45 bits per heavy atom. The van der Waals surface area contributed by atoms with Gasteiger partial charge in [-0.2, -0.15) is 0 Å². The van der Waals surface area contributed by atoms with Crippen LogP contribution in [-0.2, 0) is 38.1 Å². The number of rotatable bonds is 7. The minimum Gasteiger partial charge on any atom is -0.495 e. The Balaban J connectivity index is 1.82. The first-order valence-electron chi connectivity index (χ1n) is 16.8. The molecule has 2 fully saturated rings. The van der Waals surface area contributed by atoms with Crippen LogP contribution in [-0.4, -0.2) is 99.1 Å². The molecule has 282 valence electrons. The van der Waals surface area contributed by atoms with Gasteiger partial charge in [0.2, 0.25) is 11.8 Å². The van der Waals surface area contributed by atoms with E-state index >= 15 is 0 Å². The van der Waals surface area contributed by atoms with Crippen LogP contribution in [0.15, 0.2) is 35.9 Å². The third-order valence-corrected chi connectivity index (χ3v) is 10.2. The minimum atomic E-state index is -1.86. The molecule has 0 radical (unpaired) electrons. The molecule has 9 atom stereocenters. The first-order chi connectivity index (χ1) is 23.9. The molecule has 0 saturated carbocycles. The maximum atomic E-state index is 14.1. The Hall–Kier alpha value is -3.69. The number of alkyl carbamates (subject to hydrolysis) is 1. The van der Waals surface area contributed by atoms with Crippen LogP contribution in [0.5, 0.6) is 5.75 Å². The number of halogens is 1. The van der Waals surface area contributed by atoms with Gasteiger partial charge in [-0.3, -0.25) is 14.9 Å². The fraction of sp³-hybridized carbons (Fsp3) is 0.611. The summed E-state index contributed by atoms with van der Waals surface area (Å²) in [5.74, 6) is -2.20. The van der Waals surface area contributed by atoms with Gasteiger partial charge in [0.1, 0.15) is 46.8 Å². The number of hydrogen-bond donors (Lipinski definition) is 3. The van der Waals surface area contributed by atoms with Crippen molar-refractivity contribution in [2.45, 2.75) is 102 Å². The van der Waals surface area contributed by atoms with Gasteiger partial charge in [0.05, 0.1) is 25.3 Å². The zero-order valence-corrected chi connectivity index (χ0v) is 31.5. The van der Waals surface area contributed by atoms with E-state index in [0.717, 1.165) is 5.57 Å². The second kappa shape index (κ2) is 15.9. The van der Waals surface area contributed by atoms with Crippen LogP contribution in [0.3, 0.4) is 0 Å². The average Bonchev–Trinajstić information content (AvgIpc) is 3.77. The number of methoxy groups -OCH3 is 3. The number of hydrogen-bond acceptors (Lipinski definition) is 11. The van der Waals surface area contributed by atoms with Crippen LogP contribution >= 0.6 is 11.6 Å². The van der Waals surface area contributed by atoms with Crippen molar-refractivity contribution in [1.82, 2.24) is 10.6 Å². The molecule has 9 unspecified atom stereocenters. The Morgan fingerprint density at radius 2 is 1.84 bits per heavy atom. The second-order valence-electron chi connectivity index (χ2n) is 13.9. The number of esters is 1. The molecule has 4 bridgehead atoms. The summed E-state index contributed by atoms with van der Waals surface area (Å²) in [6.07, 6.45) is -0.457. The number of carbonyl (C=O) groups excluding carboxylic acids is 4. The fourth-order valence-electron chi connectivity index (χ4n) is 6.58. The van der Waals surface area contributed by atoms with E-state index < -0.39 is 71.8 Å². The summed E-state index contributed by atoms with van der Waals surface area (Å²) in [5, 5.41) is 17.0. The third kappa shape index (κ3) is 8.52. The summed E-state index contributed by atoms with van der Waals surface area (Å²) in [5.41, 5.74) is -1.39. The van der Waals surface area contributed by atoms with Gasteiger partial charge in [-0.05, 0) is 44.0 Å². The predicted molar refractivity (Wildman–Crippen MR) is 187 cm³/mol. The molecule has 1 aromatic carbocycles. The lowest BCUT2D eigenvalue weighted by Gasteiger charge is -2.42. The van der Waals surface area contributed by atoms with Crippen molar-refractivity contribution in [2.24, 2.45) is 11.8 Å². The number of ether oxygens (including phenoxy) is 6. The molecule has 15 heteroatoms. The quantitative estimate of drug-likeness (QED) is 0.273. The summed E-state index contributed by atoms with van der Waals surface area (Å²) in [6, 6.07) is 2.40. The number of nitrogens with one attached hydrogen (secondary N) is 2. The van der Waals surface area contributed by atoms with Crippen LogP contribution in [0.2, 0.25) is 5.02 Å². The Kier molecular flexibility index (Phi) is 12.5. The monoisotopic (exact) mass is 735 g/mol. The summed E-state index contributed by atoms with van der Waals surface area (Å²) in [6.45, 7) is 10.2. The zero-order valence-electron chi connectivity index (χ0n) is 30.8. The summed E-state index contributed by atoms with van der Waals surface area (Å²) >= 11 is 6.77. The average molecular weight is 736 g/mol. The van der Waals surface area contributed by atoms with Gasteiger partial charge >= 0.3 is 12.1 Å². The van der Waals surface area contributed by atoms with E-state index in [1.54, 1.807) is 65.1 Å². The van der Waals surface area contributed by atoms with E-state index in [4.69, 9.17) is 40.0 Å². The molecule has 14 nitrogen and oxygen atoms in total. The maximum Gasteiger partial charge on any atom is 0.409 e. The van der Waals surface area contributed by atoms with Gasteiger partial charge in [-0.25, -0.2) is 9.59 Å². The van der Waals surface area contributed by atoms with Crippen molar-refractivity contribution in [3.05, 3.63) is 46.5 Å². The Labute approximate surface area is 303 Å². The van der Waals surface area contributed by atoms with Crippen molar-refractivity contribution in [2.75, 3.05) is 33.3 Å². The summed E-state index contributed by atoms with van der Waals surface area (Å²) < 4.78 is 34.9. The van der Waals surface area contributed by atoms with Gasteiger partial charge in [0.15, 0.2) is 5.72 Å². The second-order valence-corrected chi connectivity index (χ2v) is 14.2. The molecule has 3 aliphatic rings. The third-order valence-electron chi connectivity index (χ3n) is 9.86. The SMILES string of the molecule is COc1cc2cc(c1Cl)N(C)C(=O)CC(OC(=O)C(C)NC(=O)C(C)C)C1(C)OC1C(C)C1CC(O)(NC(=O)O1)C(OC)/C=C/C=C(/C)C2OC. The van der Waals surface area contributed by atoms with E-state index in [2.05, 4.69) is 10.6 Å². The molecule has 1 aromatic rings. The van der Waals surface area contributed by atoms with Crippen molar-refractivity contribution >= 4 is 41.2 Å². The number of nitrogens with zero attached hydrogens (tertiary/aromatic N) is 1. The standard InChI is InChI=1S/C36H50ClN3O11/c1-18(2)32(42)38-21(5)33(43)50-27-16-28(41)40(7)23-14-22(15-24(46-8)29(23)37)30(48-10)19(3)12-11-13-26(47-9)36(45)17-25(49-34(44)39-36)20(4)31-35(27,6)51-31/h11-15,18,20-21,25-27,30-31,45H,16-17H2,1-10H3,(H,38,42)(H,39,44)/b13-11+,19-12-. The molecule has 3 N–H and O–H groups in total. The molecular formula is C36H50ClN3O11. The van der Waals surface area contributed by atoms with E-state index in [9.17, 15) is 24.3 Å². The Bertz CT molecular complexity index is 1570. The van der Waals surface area contributed by atoms with E-state index in [-0.39, 0.29) is 29.7 Å². The Morgan fingerprint density at radius 1 is 1.16 bits per heavy atom. The maximum absolute atomic E-state index is 14.1. The number of epoxide rings is 1. The number of aliphatic hydroxyl groups is 1. The molecule has 4 rings (SSSR count). The summed E-state index contributed by atoms with van der Waals surface area (Å²) in [7, 11) is 5.95. The predicted octanol–water partition coefficient (Wildman–Crippen LogP) is 3.97.